The van der Waals surface area contributed by atoms with Crippen molar-refractivity contribution in [1.82, 2.24) is 38.8 Å². The second-order valence-corrected chi connectivity index (χ2v) is 34.0. The number of rotatable bonds is 22. The number of nitrogens with two attached hydrogens (primary N) is 3. The summed E-state index contributed by atoms with van der Waals surface area (Å²) in [7, 11) is 25.2. The van der Waals surface area contributed by atoms with E-state index in [1.807, 2.05) is 160 Å². The first-order valence-electron chi connectivity index (χ1n) is 45.8. The van der Waals surface area contributed by atoms with Crippen LogP contribution < -0.4 is 61.9 Å². The average molecular weight is 2030 g/mol. The predicted molar refractivity (Wildman–Crippen MR) is 573 cm³/mol. The Kier molecular flexibility index (Phi) is 47.5. The van der Waals surface area contributed by atoms with Crippen LogP contribution in [0.3, 0.4) is 0 Å². The maximum Gasteiger partial charge on any atom is 0.337 e. The number of aromatic nitrogens is 5. The summed E-state index contributed by atoms with van der Waals surface area (Å²) in [5.74, 6) is 1.95. The molecule has 149 heavy (non-hydrogen) atoms. The molecule has 37 nitrogen and oxygen atoms in total. The Bertz CT molecular complexity index is 7350. The number of carboxylic acids is 3. The molecule has 1 unspecified atom stereocenters. The zero-order chi connectivity index (χ0) is 110. The molecule has 0 saturated carbocycles. The number of pyridine rings is 5. The van der Waals surface area contributed by atoms with Crippen LogP contribution in [0.4, 0.5) is 28.8 Å². The first-order valence-corrected chi connectivity index (χ1v) is 45.8. The number of carbonyl (C=O) groups excluding carboxylic acids is 3. The van der Waals surface area contributed by atoms with Gasteiger partial charge in [0.05, 0.1) is 140 Å². The van der Waals surface area contributed by atoms with Crippen molar-refractivity contribution in [2.45, 2.75) is 85.5 Å². The zero-order valence-electron chi connectivity index (χ0n) is 86.9. The number of hydrogen-bond donors (Lipinski definition) is 10. The van der Waals surface area contributed by atoms with Crippen molar-refractivity contribution in [2.24, 2.45) is 11.7 Å². The van der Waals surface area contributed by atoms with Crippen LogP contribution in [0, 0.1) is 59.5 Å². The summed E-state index contributed by atoms with van der Waals surface area (Å²) in [5.41, 5.74) is 27.7. The quantitative estimate of drug-likeness (QED) is 0.0171. The molecule has 0 bridgehead atoms. The third-order valence-electron chi connectivity index (χ3n) is 22.0. The van der Waals surface area contributed by atoms with Gasteiger partial charge in [0.25, 0.3) is 0 Å². The van der Waals surface area contributed by atoms with Gasteiger partial charge in [-0.15, -0.1) is 0 Å². The summed E-state index contributed by atoms with van der Waals surface area (Å²) in [6.07, 6.45) is 14.1. The largest absolute Gasteiger partial charge is 0.497 e. The van der Waals surface area contributed by atoms with Gasteiger partial charge >= 0.3 is 29.8 Å². The fraction of sp³-hybridized carbons (Fsp3) is 0.259. The Hall–Kier alpha value is -18.1. The number of aliphatic carboxylic acids is 1. The highest BCUT2D eigenvalue weighted by atomic mass is 16.5. The molecule has 0 spiro atoms. The normalized spacial score (nSPS) is 11.2. The number of aromatic carboxylic acids is 2. The molecule has 5 heterocycles. The third kappa shape index (κ3) is 35.7. The summed E-state index contributed by atoms with van der Waals surface area (Å²) in [4.78, 5) is 91.3. The lowest BCUT2D eigenvalue weighted by molar-refractivity contribution is -0.179. The van der Waals surface area contributed by atoms with Gasteiger partial charge < -0.3 is 99.6 Å². The summed E-state index contributed by atoms with van der Waals surface area (Å²) in [6, 6.07) is 59.8. The molecule has 778 valence electrons. The number of nitriles is 2. The van der Waals surface area contributed by atoms with Crippen LogP contribution in [0.2, 0.25) is 0 Å². The molecule has 0 saturated heterocycles. The molecular weight excluding hydrogens is 1900 g/mol. The van der Waals surface area contributed by atoms with Crippen LogP contribution in [0.5, 0.6) is 34.5 Å². The Balaban J connectivity index is 0.000000259. The number of aliphatic hydroxyl groups is 1. The van der Waals surface area contributed by atoms with E-state index in [2.05, 4.69) is 61.5 Å². The molecule has 0 fully saturated rings. The topological polar surface area (TPSA) is 519 Å². The number of anilines is 3. The van der Waals surface area contributed by atoms with Crippen LogP contribution in [-0.4, -0.2) is 213 Å². The van der Waals surface area contributed by atoms with Crippen LogP contribution in [0.1, 0.15) is 126 Å². The highest BCUT2D eigenvalue weighted by Gasteiger charge is 2.27. The highest BCUT2D eigenvalue weighted by Crippen LogP contribution is 2.33. The predicted octanol–water partition coefficient (Wildman–Crippen LogP) is 17.2. The van der Waals surface area contributed by atoms with E-state index in [-0.39, 0.29) is 34.9 Å². The van der Waals surface area contributed by atoms with E-state index in [0.717, 1.165) is 107 Å². The van der Waals surface area contributed by atoms with Gasteiger partial charge in [-0.05, 0) is 271 Å². The Morgan fingerprint density at radius 1 is 0.530 bits per heavy atom. The number of fused-ring (bicyclic) bond motifs is 5. The van der Waals surface area contributed by atoms with Gasteiger partial charge in [-0.25, -0.2) is 43.8 Å². The van der Waals surface area contributed by atoms with Gasteiger partial charge in [0, 0.05) is 122 Å². The van der Waals surface area contributed by atoms with Gasteiger partial charge in [0.15, 0.2) is 17.7 Å². The van der Waals surface area contributed by atoms with Gasteiger partial charge in [-0.2, -0.15) is 10.5 Å². The minimum absolute atomic E-state index is 0.0463. The SMILES string of the molecule is CN(C)C(OC(C)(C)C)N(C)C.CO.COC(=O)c1ccc2c(=N)n(Cc3ccc(OC)cc3OC)ccc2c1.COC(=O)c1ccc2c(NC(C)=O)nccc2c1.COc1ccc(CN)c(OC)c1.COc1ccc(Cn2ccc3cc(C(=O)O)ccc3c2=N)c(OC)c1.Nc1nccc2c1CCC(C(=O)O)C2.Nc1nccc2cc(C(=O)O)ccc12.[C-]#[N+]c1ccc(C#N)c(/C=C/N(C)C)c1.[C-]#[N+]c1ccc(C#N)c(C)c1. The van der Waals surface area contributed by atoms with E-state index in [1.165, 1.54) is 33.3 Å². The maximum absolute atomic E-state index is 11.7. The van der Waals surface area contributed by atoms with Gasteiger partial charge in [0.1, 0.15) is 62.9 Å². The standard InChI is InChI=1S/C20H20N2O4.C19H18N2O4.C13H12N2O3.C12H11N3.C10H12N2O2.C10H8N2O2.C9H22N2O.C9H6N2.C9H13NO2.CH4O/c1-24-16-6-4-15(18(11-16)25-2)12-22-9-8-13-10-14(20(23)26-3)5-7-17(13)19(22)21;1-24-15-5-3-14(17(10-15)25-2)11-21-8-7-12-9-13(19(22)23)4-6-16(12)18(21)20;1-8(16)15-12-11-4-3-10(13(17)18-2)7-9(11)5-6-14-12;1-14-12-5-4-11(9-13)10(8-12)6-7-15(2)3;2*11-9-8-2-1-7(10(13)14)5-6(8)3-4-12-9;1-9(2,3)12-8(10(4)5)11(6)7;1-7-5-9(11-2)4-3-8(7)6-10;1-11-8-4-3-7(6-10)9(5-8)12-2;1-2/h4-11,21H,12H2,1-3H3;3-10,20H,11H2,1-2H3,(H,22,23);3-7H,1-2H3,(H,14,15,16);4-8H,2-3H3;3-4,7H,1-2,5H2,(H2,11,12)(H,13,14);1-5H,(H2,11,12)(H,13,14);8H,1-7H3;3-5H,1H3;3-5H,6,10H2,1-2H3;2H,1H3/b;;;7-6+;;;;;;. The van der Waals surface area contributed by atoms with E-state index in [4.69, 9.17) is 110 Å². The Morgan fingerprint density at radius 2 is 0.946 bits per heavy atom. The molecule has 1 amide bonds. The molecule has 1 aliphatic carbocycles. The van der Waals surface area contributed by atoms with Crippen molar-refractivity contribution in [3.63, 3.8) is 0 Å². The van der Waals surface area contributed by atoms with E-state index in [9.17, 15) is 28.8 Å². The number of ether oxygens (including phenoxy) is 9. The molecule has 37 heteroatoms. The Morgan fingerprint density at radius 3 is 1.36 bits per heavy atom. The number of amides is 1. The number of nitrogens with one attached hydrogen (secondary N) is 3. The number of carbonyl (C=O) groups is 6. The number of aliphatic hydroxyl groups excluding tert-OH is 1. The second-order valence-electron chi connectivity index (χ2n) is 34.0. The van der Waals surface area contributed by atoms with Crippen molar-refractivity contribution >= 4 is 114 Å². The smallest absolute Gasteiger partial charge is 0.337 e. The van der Waals surface area contributed by atoms with Crippen LogP contribution in [0.25, 0.3) is 58.9 Å². The first kappa shape index (κ1) is 120. The molecular formula is C112H126N18O19. The molecule has 1 atom stereocenters. The molecule has 15 rings (SSSR count). The third-order valence-corrected chi connectivity index (χ3v) is 22.0. The summed E-state index contributed by atoms with van der Waals surface area (Å²) in [5, 5.41) is 76.9. The number of aryl methyl sites for hydroxylation is 1. The van der Waals surface area contributed by atoms with Crippen molar-refractivity contribution in [2.75, 3.05) is 123 Å². The molecule has 14 aromatic rings. The number of hydrogen-bond acceptors (Lipinski definition) is 29. The Labute approximate surface area is 865 Å². The van der Waals surface area contributed by atoms with E-state index < -0.39 is 29.8 Å². The highest BCUT2D eigenvalue weighted by molar-refractivity contribution is 6.03. The van der Waals surface area contributed by atoms with Crippen LogP contribution in [0.15, 0.2) is 231 Å². The van der Waals surface area contributed by atoms with Crippen molar-refractivity contribution in [1.29, 1.82) is 21.3 Å². The maximum atomic E-state index is 11.7. The number of methoxy groups -OCH3 is 8. The van der Waals surface area contributed by atoms with Crippen molar-refractivity contribution in [3.05, 3.63) is 337 Å². The van der Waals surface area contributed by atoms with E-state index >= 15 is 0 Å². The monoisotopic (exact) mass is 2030 g/mol. The lowest BCUT2D eigenvalue weighted by atomic mass is 9.84. The fourth-order valence-corrected chi connectivity index (χ4v) is 14.5. The summed E-state index contributed by atoms with van der Waals surface area (Å²) < 4.78 is 50.2. The lowest BCUT2D eigenvalue weighted by Crippen LogP contribution is -2.46. The number of esters is 2. The van der Waals surface area contributed by atoms with E-state index in [0.29, 0.717) is 117 Å². The number of nitrogens with zero attached hydrogens (tertiary/aromatic N) is 12. The average Bonchev–Trinajstić information content (AvgIpc) is 0.794. The molecule has 1 aliphatic rings. The summed E-state index contributed by atoms with van der Waals surface area (Å²) in [6.45, 7) is 24.5. The first-order chi connectivity index (χ1) is 71.1. The van der Waals surface area contributed by atoms with Gasteiger partial charge in [0.2, 0.25) is 5.91 Å². The van der Waals surface area contributed by atoms with Crippen molar-refractivity contribution < 1.29 is 91.8 Å². The zero-order valence-corrected chi connectivity index (χ0v) is 86.9. The number of nitrogen functional groups attached to an aromatic ring is 2. The number of carboxylic acid groups (broad SMARTS) is 3. The van der Waals surface area contributed by atoms with Crippen LogP contribution >= 0.6 is 0 Å². The summed E-state index contributed by atoms with van der Waals surface area (Å²) >= 11 is 0. The minimum Gasteiger partial charge on any atom is -0.497 e. The molecule has 0 aliphatic heterocycles. The second kappa shape index (κ2) is 59.2. The number of benzene rings is 9. The van der Waals surface area contributed by atoms with Crippen molar-refractivity contribution in [3.8, 4) is 46.6 Å². The minimum atomic E-state index is -0.979. The molecule has 0 radical (unpaired) electrons. The van der Waals surface area contributed by atoms with Gasteiger partial charge in [-0.3, -0.25) is 30.2 Å². The molecule has 5 aromatic heterocycles. The van der Waals surface area contributed by atoms with Crippen LogP contribution in [-0.2, 0) is 56.3 Å². The lowest BCUT2D eigenvalue weighted by Gasteiger charge is -2.35. The van der Waals surface area contributed by atoms with Gasteiger partial charge in [-0.1, -0.05) is 36.4 Å². The molecule has 9 aromatic carbocycles. The fourth-order valence-electron chi connectivity index (χ4n) is 14.5. The van der Waals surface area contributed by atoms with E-state index in [1.54, 1.807) is 187 Å². The molecule has 13 N–H and O–H groups in total.